The van der Waals surface area contributed by atoms with E-state index in [1.807, 2.05) is 12.1 Å². The molecule has 4 aromatic rings. The maximum Gasteiger partial charge on any atom is 2.00 e. The average molecular weight is 1240 g/mol. The fraction of sp³-hybridized carbons (Fsp3) is 0.737. The Morgan fingerprint density at radius 3 is 0.624 bits per heavy atom. The summed E-state index contributed by atoms with van der Waals surface area (Å²) in [5.74, 6) is 0. The van der Waals surface area contributed by atoms with Gasteiger partial charge in [-0.05, 0) is 96.5 Å². The second-order valence-corrected chi connectivity index (χ2v) is 28.3. The van der Waals surface area contributed by atoms with E-state index in [1.54, 1.807) is 12.1 Å². The summed E-state index contributed by atoms with van der Waals surface area (Å²) in [7, 11) is -9.04. The van der Waals surface area contributed by atoms with E-state index in [4.69, 9.17) is 0 Å². The van der Waals surface area contributed by atoms with Gasteiger partial charge in [0.05, 0.1) is 9.79 Å². The van der Waals surface area contributed by atoms with Gasteiger partial charge in [0, 0.05) is 10.8 Å². The summed E-state index contributed by atoms with van der Waals surface area (Å²) in [5, 5.41) is 3.30. The van der Waals surface area contributed by atoms with Crippen LogP contribution in [0.1, 0.15) is 358 Å². The number of unbranched alkanes of at least 4 members (excludes halogenated alkanes) is 44. The topological polar surface area (TPSA) is 114 Å². The Kier molecular flexibility index (Phi) is 48.8. The molecule has 0 spiro atoms. The minimum Gasteiger partial charge on any atom is -0.744 e. The van der Waals surface area contributed by atoms with Crippen molar-refractivity contribution >= 4 is 79.5 Å². The van der Waals surface area contributed by atoms with E-state index in [9.17, 15) is 25.9 Å². The third-order valence-electron chi connectivity index (χ3n) is 18.1. The zero-order chi connectivity index (χ0) is 60.6. The molecule has 85 heavy (non-hydrogen) atoms. The molecule has 0 aliphatic carbocycles. The van der Waals surface area contributed by atoms with E-state index in [1.165, 1.54) is 293 Å². The van der Waals surface area contributed by atoms with E-state index in [0.717, 1.165) is 86.1 Å². The Morgan fingerprint density at radius 1 is 0.247 bits per heavy atom. The number of hydrogen-bond donors (Lipinski definition) is 0. The third-order valence-corrected chi connectivity index (χ3v) is 19.9. The molecule has 0 atom stereocenters. The minimum atomic E-state index is -4.52. The molecule has 0 heterocycles. The number of fused-ring (bicyclic) bond motifs is 2. The van der Waals surface area contributed by atoms with E-state index in [0.29, 0.717) is 10.8 Å². The van der Waals surface area contributed by atoms with Gasteiger partial charge in [-0.1, -0.05) is 359 Å². The van der Waals surface area contributed by atoms with Crippen LogP contribution in [-0.2, 0) is 45.9 Å². The van der Waals surface area contributed by atoms with Crippen LogP contribution < -0.4 is 0 Å². The van der Waals surface area contributed by atoms with Crippen LogP contribution in [-0.4, -0.2) is 63.7 Å². The molecule has 0 saturated heterocycles. The van der Waals surface area contributed by atoms with Gasteiger partial charge in [-0.3, -0.25) is 0 Å². The van der Waals surface area contributed by atoms with Gasteiger partial charge in [0.2, 0.25) is 0 Å². The summed E-state index contributed by atoms with van der Waals surface area (Å²) in [6, 6.07) is 19.1. The molecule has 0 amide bonds. The maximum atomic E-state index is 12.2. The first kappa shape index (κ1) is 79.6. The molecule has 0 fully saturated rings. The average Bonchev–Trinajstić information content (AvgIpc) is 3.00. The monoisotopic (exact) mass is 1240 g/mol. The fourth-order valence-corrected chi connectivity index (χ4v) is 14.4. The molecular weight excluding hydrogens is 1110 g/mol. The van der Waals surface area contributed by atoms with Crippen molar-refractivity contribution in [3.63, 3.8) is 0 Å². The number of hydrogen-bond acceptors (Lipinski definition) is 6. The van der Waals surface area contributed by atoms with Crippen molar-refractivity contribution < 1.29 is 25.9 Å². The zero-order valence-electron chi connectivity index (χ0n) is 55.5. The standard InChI is InChI=1S/2C38H64O3S.Ca/c2*1-3-5-7-9-11-13-15-17-19-21-23-25-28-34-32-33-35(38-36(34)30-27-31-37(38)42(39,40)41)29-26-24-22-20-18-16-14-12-10-8-6-4-2;/h2*27,30-33H,3-26,28-29H2,1-2H3,(H,39,40,41);/q;;+2/p-2. The van der Waals surface area contributed by atoms with Crippen LogP contribution in [0.25, 0.3) is 21.5 Å². The quantitative estimate of drug-likeness (QED) is 0.0247. The minimum absolute atomic E-state index is 0. The first-order valence-corrected chi connectivity index (χ1v) is 38.8. The largest absolute Gasteiger partial charge is 2.00 e. The van der Waals surface area contributed by atoms with Gasteiger partial charge in [0.1, 0.15) is 20.2 Å². The van der Waals surface area contributed by atoms with E-state index < -0.39 is 20.2 Å². The molecule has 4 aromatic carbocycles. The molecule has 0 aromatic heterocycles. The van der Waals surface area contributed by atoms with Crippen molar-refractivity contribution in [1.29, 1.82) is 0 Å². The van der Waals surface area contributed by atoms with E-state index in [2.05, 4.69) is 52.0 Å². The Morgan fingerprint density at radius 2 is 0.424 bits per heavy atom. The predicted molar refractivity (Wildman–Crippen MR) is 369 cm³/mol. The Labute approximate surface area is 555 Å². The number of benzene rings is 4. The van der Waals surface area contributed by atoms with Crippen LogP contribution in [0.2, 0.25) is 0 Å². The van der Waals surface area contributed by atoms with Crippen molar-refractivity contribution in [2.24, 2.45) is 0 Å². The van der Waals surface area contributed by atoms with E-state index in [-0.39, 0.29) is 47.5 Å². The molecule has 480 valence electrons. The van der Waals surface area contributed by atoms with Gasteiger partial charge >= 0.3 is 37.7 Å². The van der Waals surface area contributed by atoms with Gasteiger partial charge in [-0.2, -0.15) is 0 Å². The Balaban J connectivity index is 0.000000573. The molecule has 0 saturated carbocycles. The van der Waals surface area contributed by atoms with Crippen molar-refractivity contribution in [2.75, 3.05) is 0 Å². The second-order valence-electron chi connectivity index (χ2n) is 25.6. The summed E-state index contributed by atoms with van der Waals surface area (Å²) < 4.78 is 73.2. The molecule has 6 nitrogen and oxygen atoms in total. The van der Waals surface area contributed by atoms with Crippen molar-refractivity contribution in [3.05, 3.63) is 82.9 Å². The molecule has 4 rings (SSSR count). The normalized spacial score (nSPS) is 11.8. The van der Waals surface area contributed by atoms with Gasteiger partial charge in [0.25, 0.3) is 0 Å². The molecule has 0 N–H and O–H groups in total. The van der Waals surface area contributed by atoms with Crippen LogP contribution >= 0.6 is 0 Å². The molecule has 0 bridgehead atoms. The van der Waals surface area contributed by atoms with Crippen LogP contribution in [0, 0.1) is 0 Å². The van der Waals surface area contributed by atoms with Crippen molar-refractivity contribution in [3.8, 4) is 0 Å². The Bertz CT molecular complexity index is 2300. The number of rotatable bonds is 54. The van der Waals surface area contributed by atoms with Crippen LogP contribution in [0.3, 0.4) is 0 Å². The van der Waals surface area contributed by atoms with Crippen LogP contribution in [0.5, 0.6) is 0 Å². The molecule has 0 aliphatic rings. The summed E-state index contributed by atoms with van der Waals surface area (Å²) in [6.07, 6.45) is 66.5. The van der Waals surface area contributed by atoms with Gasteiger partial charge in [-0.25, -0.2) is 16.8 Å². The van der Waals surface area contributed by atoms with Crippen molar-refractivity contribution in [2.45, 2.75) is 371 Å². The maximum absolute atomic E-state index is 12.2. The number of aryl methyl sites for hydroxylation is 4. The summed E-state index contributed by atoms with van der Waals surface area (Å²) in [5.41, 5.74) is 4.40. The van der Waals surface area contributed by atoms with Gasteiger partial charge in [-0.15, -0.1) is 0 Å². The van der Waals surface area contributed by atoms with Gasteiger partial charge in [0.15, 0.2) is 0 Å². The van der Waals surface area contributed by atoms with Crippen molar-refractivity contribution in [1.82, 2.24) is 0 Å². The molecule has 0 aliphatic heterocycles. The molecule has 9 heteroatoms. The predicted octanol–water partition coefficient (Wildman–Crippen LogP) is 24.1. The molecular formula is C76H126CaO6S2. The Hall–Kier alpha value is -1.52. The summed E-state index contributed by atoms with van der Waals surface area (Å²) in [6.45, 7) is 9.08. The SMILES string of the molecule is CCCCCCCCCCCCCCc1ccc(CCCCCCCCCCCCCC)c2c(S(=O)(=O)[O-])cccc12.CCCCCCCCCCCCCCc1ccc(CCCCCCCCCCCCCC)c2c(S(=O)(=O)[O-])cccc12.[Ca+2]. The summed E-state index contributed by atoms with van der Waals surface area (Å²) >= 11 is 0. The van der Waals surface area contributed by atoms with Crippen LogP contribution in [0.4, 0.5) is 0 Å². The molecule has 0 unspecified atom stereocenters. The smallest absolute Gasteiger partial charge is 0.744 e. The first-order chi connectivity index (χ1) is 41.0. The van der Waals surface area contributed by atoms with E-state index >= 15 is 0 Å². The molecule has 0 radical (unpaired) electrons. The van der Waals surface area contributed by atoms with Crippen LogP contribution in [0.15, 0.2) is 70.5 Å². The first-order valence-electron chi connectivity index (χ1n) is 36.0. The fourth-order valence-electron chi connectivity index (χ4n) is 12.9. The summed E-state index contributed by atoms with van der Waals surface area (Å²) in [4.78, 5) is -0.0732. The third kappa shape index (κ3) is 36.8. The van der Waals surface area contributed by atoms with Gasteiger partial charge < -0.3 is 9.11 Å². The second kappa shape index (κ2) is 52.1. The zero-order valence-corrected chi connectivity index (χ0v) is 59.4.